The minimum absolute atomic E-state index is 0.238. The van der Waals surface area contributed by atoms with Gasteiger partial charge in [0.05, 0.1) is 5.02 Å². The molecule has 1 aromatic rings. The molecule has 1 aromatic carbocycles. The highest BCUT2D eigenvalue weighted by molar-refractivity contribution is 6.30. The van der Waals surface area contributed by atoms with Crippen molar-refractivity contribution in [3.63, 3.8) is 0 Å². The molecule has 0 unspecified atom stereocenters. The molecule has 0 aromatic heterocycles. The van der Waals surface area contributed by atoms with Gasteiger partial charge in [0.1, 0.15) is 5.82 Å². The van der Waals surface area contributed by atoms with Gasteiger partial charge in [0.2, 0.25) is 0 Å². The first-order valence-corrected chi connectivity index (χ1v) is 11.1. The second-order valence-corrected chi connectivity index (χ2v) is 8.99. The predicted octanol–water partition coefficient (Wildman–Crippen LogP) is 8.31. The zero-order valence-electron chi connectivity index (χ0n) is 16.2. The molecule has 2 aliphatic rings. The maximum atomic E-state index is 13.7. The largest absolute Gasteiger partial charge is 0.205 e. The Labute approximate surface area is 164 Å². The van der Waals surface area contributed by atoms with Gasteiger partial charge in [-0.3, -0.25) is 0 Å². The Morgan fingerprint density at radius 2 is 1.58 bits per heavy atom. The van der Waals surface area contributed by atoms with Crippen LogP contribution in [-0.2, 0) is 0 Å². The van der Waals surface area contributed by atoms with E-state index in [1.54, 1.807) is 12.1 Å². The summed E-state index contributed by atoms with van der Waals surface area (Å²) in [5.41, 5.74) is 1.14. The molecule has 2 fully saturated rings. The average molecular weight is 377 g/mol. The first kappa shape index (κ1) is 19.9. The number of allylic oxidation sites excluding steroid dienone is 2. The molecule has 0 radical (unpaired) electrons. The van der Waals surface area contributed by atoms with Crippen LogP contribution in [0.15, 0.2) is 30.4 Å². The van der Waals surface area contributed by atoms with Crippen molar-refractivity contribution in [1.29, 1.82) is 0 Å². The molecule has 26 heavy (non-hydrogen) atoms. The van der Waals surface area contributed by atoms with Crippen molar-refractivity contribution >= 4 is 11.6 Å². The highest BCUT2D eigenvalue weighted by Crippen LogP contribution is 2.40. The lowest BCUT2D eigenvalue weighted by Crippen LogP contribution is -2.17. The van der Waals surface area contributed by atoms with Crippen LogP contribution in [0.1, 0.15) is 89.0 Å². The van der Waals surface area contributed by atoms with Crippen LogP contribution in [0.25, 0.3) is 0 Å². The molecule has 0 nitrogen and oxygen atoms in total. The summed E-state index contributed by atoms with van der Waals surface area (Å²) in [6, 6.07) is 5.38. The fourth-order valence-corrected chi connectivity index (χ4v) is 5.14. The molecular formula is C24H34ClF. The lowest BCUT2D eigenvalue weighted by Gasteiger charge is -2.31. The lowest BCUT2D eigenvalue weighted by molar-refractivity contribution is 0.246. The Bertz CT molecular complexity index is 578. The van der Waals surface area contributed by atoms with Crippen molar-refractivity contribution in [3.05, 3.63) is 46.8 Å². The van der Waals surface area contributed by atoms with Gasteiger partial charge in [-0.05, 0) is 99.2 Å². The van der Waals surface area contributed by atoms with E-state index in [1.807, 2.05) is 6.07 Å². The highest BCUT2D eigenvalue weighted by Gasteiger charge is 2.25. The predicted molar refractivity (Wildman–Crippen MR) is 110 cm³/mol. The van der Waals surface area contributed by atoms with Crippen LogP contribution in [0, 0.1) is 23.6 Å². The summed E-state index contributed by atoms with van der Waals surface area (Å²) in [6.45, 7) is 2.22. The Balaban J connectivity index is 1.37. The third-order valence-corrected chi connectivity index (χ3v) is 7.09. The second kappa shape index (κ2) is 9.93. The van der Waals surface area contributed by atoms with E-state index in [-0.39, 0.29) is 10.8 Å². The van der Waals surface area contributed by atoms with E-state index >= 15 is 0 Å². The van der Waals surface area contributed by atoms with Crippen LogP contribution >= 0.6 is 11.6 Å². The Morgan fingerprint density at radius 3 is 2.15 bits per heavy atom. The van der Waals surface area contributed by atoms with Gasteiger partial charge >= 0.3 is 0 Å². The summed E-state index contributed by atoms with van der Waals surface area (Å²) in [5, 5.41) is 0.238. The van der Waals surface area contributed by atoms with Crippen LogP contribution < -0.4 is 0 Å². The van der Waals surface area contributed by atoms with Crippen molar-refractivity contribution in [2.24, 2.45) is 17.8 Å². The summed E-state index contributed by atoms with van der Waals surface area (Å²) < 4.78 is 13.7. The fraction of sp³-hybridized carbons (Fsp3) is 0.667. The Hall–Kier alpha value is -0.820. The molecular weight excluding hydrogens is 343 g/mol. The van der Waals surface area contributed by atoms with Gasteiger partial charge in [0.25, 0.3) is 0 Å². The highest BCUT2D eigenvalue weighted by atomic mass is 35.5. The minimum Gasteiger partial charge on any atom is -0.205 e. The van der Waals surface area contributed by atoms with Gasteiger partial charge in [-0.1, -0.05) is 49.6 Å². The lowest BCUT2D eigenvalue weighted by atomic mass is 9.74. The molecule has 0 aliphatic heterocycles. The molecule has 2 saturated carbocycles. The van der Waals surface area contributed by atoms with Gasteiger partial charge in [-0.2, -0.15) is 0 Å². The van der Waals surface area contributed by atoms with E-state index in [9.17, 15) is 4.39 Å². The average Bonchev–Trinajstić information content (AvgIpc) is 2.68. The topological polar surface area (TPSA) is 0 Å². The Morgan fingerprint density at radius 1 is 0.962 bits per heavy atom. The molecule has 2 aliphatic carbocycles. The molecule has 0 spiro atoms. The zero-order valence-corrected chi connectivity index (χ0v) is 17.0. The molecule has 0 atom stereocenters. The van der Waals surface area contributed by atoms with Gasteiger partial charge in [-0.15, -0.1) is 0 Å². The molecule has 3 rings (SSSR count). The molecule has 2 heteroatoms. The summed E-state index contributed by atoms with van der Waals surface area (Å²) in [5.74, 6) is 2.96. The van der Waals surface area contributed by atoms with Crippen molar-refractivity contribution in [1.82, 2.24) is 0 Å². The summed E-state index contributed by atoms with van der Waals surface area (Å²) in [4.78, 5) is 0. The van der Waals surface area contributed by atoms with Crippen molar-refractivity contribution in [2.45, 2.75) is 83.5 Å². The molecule has 0 saturated heterocycles. The first-order valence-electron chi connectivity index (χ1n) is 10.8. The number of hydrogen-bond acceptors (Lipinski definition) is 0. The van der Waals surface area contributed by atoms with Gasteiger partial charge in [0, 0.05) is 0 Å². The second-order valence-electron chi connectivity index (χ2n) is 8.59. The zero-order chi connectivity index (χ0) is 18.4. The van der Waals surface area contributed by atoms with Crippen molar-refractivity contribution < 1.29 is 4.39 Å². The first-order chi connectivity index (χ1) is 12.7. The monoisotopic (exact) mass is 376 g/mol. The van der Waals surface area contributed by atoms with Crippen LogP contribution in [0.4, 0.5) is 4.39 Å². The third-order valence-electron chi connectivity index (χ3n) is 6.78. The van der Waals surface area contributed by atoms with E-state index in [0.29, 0.717) is 5.92 Å². The smallest absolute Gasteiger partial charge is 0.142 e. The molecule has 0 bridgehead atoms. The van der Waals surface area contributed by atoms with E-state index in [0.717, 1.165) is 23.3 Å². The van der Waals surface area contributed by atoms with Crippen LogP contribution in [0.3, 0.4) is 0 Å². The van der Waals surface area contributed by atoms with E-state index in [2.05, 4.69) is 19.1 Å². The molecule has 0 heterocycles. The van der Waals surface area contributed by atoms with E-state index in [1.165, 1.54) is 70.6 Å². The van der Waals surface area contributed by atoms with Crippen LogP contribution in [-0.4, -0.2) is 0 Å². The van der Waals surface area contributed by atoms with Gasteiger partial charge < -0.3 is 0 Å². The van der Waals surface area contributed by atoms with E-state index in [4.69, 9.17) is 11.6 Å². The Kier molecular flexibility index (Phi) is 7.61. The van der Waals surface area contributed by atoms with Gasteiger partial charge in [-0.25, -0.2) is 4.39 Å². The number of benzene rings is 1. The van der Waals surface area contributed by atoms with Crippen molar-refractivity contribution in [3.8, 4) is 0 Å². The normalized spacial score (nSPS) is 30.0. The molecule has 0 N–H and O–H groups in total. The maximum Gasteiger partial charge on any atom is 0.142 e. The minimum atomic E-state index is -0.268. The maximum absolute atomic E-state index is 13.7. The summed E-state index contributed by atoms with van der Waals surface area (Å²) in [7, 11) is 0. The van der Waals surface area contributed by atoms with Crippen LogP contribution in [0.5, 0.6) is 0 Å². The fourth-order valence-electron chi connectivity index (χ4n) is 5.02. The third kappa shape index (κ3) is 5.59. The summed E-state index contributed by atoms with van der Waals surface area (Å²) >= 11 is 5.81. The van der Waals surface area contributed by atoms with Gasteiger partial charge in [0.15, 0.2) is 0 Å². The summed E-state index contributed by atoms with van der Waals surface area (Å²) in [6.07, 6.45) is 19.5. The molecule has 144 valence electrons. The quantitative estimate of drug-likeness (QED) is 0.438. The van der Waals surface area contributed by atoms with E-state index < -0.39 is 0 Å². The number of halogens is 2. The number of hydrogen-bond donors (Lipinski definition) is 0. The number of rotatable bonds is 6. The SMILES string of the molecule is CCC=CC1CCC(CCC2CCC(c3ccc(Cl)c(F)c3)CC2)CC1. The van der Waals surface area contributed by atoms with Crippen LogP contribution in [0.2, 0.25) is 5.02 Å². The van der Waals surface area contributed by atoms with Crippen molar-refractivity contribution in [2.75, 3.05) is 0 Å². The molecule has 0 amide bonds. The standard InChI is InChI=1S/C24H34ClF/c1-2-3-4-18-5-7-19(8-6-18)9-10-20-11-13-21(14-12-20)22-15-16-23(25)24(26)17-22/h3-4,15-21H,2,5-14H2,1H3.